The summed E-state index contributed by atoms with van der Waals surface area (Å²) in [4.78, 5) is 25.0. The van der Waals surface area contributed by atoms with Gasteiger partial charge in [-0.2, -0.15) is 0 Å². The minimum Gasteiger partial charge on any atom is -0.351 e. The van der Waals surface area contributed by atoms with E-state index in [1.165, 1.54) is 24.8 Å². The predicted molar refractivity (Wildman–Crippen MR) is 108 cm³/mol. The molecule has 27 heavy (non-hydrogen) atoms. The van der Waals surface area contributed by atoms with Gasteiger partial charge in [0.25, 0.3) is 0 Å². The minimum absolute atomic E-state index is 0.151. The van der Waals surface area contributed by atoms with Crippen molar-refractivity contribution >= 4 is 11.7 Å². The molecule has 0 heterocycles. The fraction of sp³-hybridized carbons (Fsp3) is 0.833. The van der Waals surface area contributed by atoms with E-state index in [0.717, 1.165) is 38.0 Å². The molecule has 0 bridgehead atoms. The highest BCUT2D eigenvalue weighted by molar-refractivity contribution is 5.91. The maximum atomic E-state index is 13.1. The highest BCUT2D eigenvalue weighted by Gasteiger charge is 2.60. The largest absolute Gasteiger partial charge is 0.351 e. The van der Waals surface area contributed by atoms with Crippen LogP contribution in [0.25, 0.3) is 0 Å². The number of hydrogen-bond donors (Lipinski definition) is 1. The first-order valence-corrected chi connectivity index (χ1v) is 11.1. The number of allylic oxidation sites excluding steroid dienone is 1. The number of rotatable bonds is 1. The second-order valence-electron chi connectivity index (χ2n) is 11.4. The average Bonchev–Trinajstić information content (AvgIpc) is 2.91. The molecule has 0 aromatic heterocycles. The first-order valence-electron chi connectivity index (χ1n) is 11.1. The molecule has 1 N–H and O–H groups in total. The van der Waals surface area contributed by atoms with Crippen LogP contribution in [0.1, 0.15) is 86.0 Å². The van der Waals surface area contributed by atoms with Crippen molar-refractivity contribution < 1.29 is 9.59 Å². The van der Waals surface area contributed by atoms with Crippen molar-refractivity contribution in [2.75, 3.05) is 0 Å². The van der Waals surface area contributed by atoms with Crippen LogP contribution in [0.15, 0.2) is 11.6 Å². The van der Waals surface area contributed by atoms with E-state index < -0.39 is 0 Å². The summed E-state index contributed by atoms with van der Waals surface area (Å²) in [5.41, 5.74) is 1.65. The summed E-state index contributed by atoms with van der Waals surface area (Å²) in [6, 6.07) is 0. The lowest BCUT2D eigenvalue weighted by Gasteiger charge is -2.58. The van der Waals surface area contributed by atoms with Gasteiger partial charge in [0.05, 0.1) is 0 Å². The third-order valence-corrected chi connectivity index (χ3v) is 8.78. The molecular formula is C24H37NO2. The van der Waals surface area contributed by atoms with Crippen molar-refractivity contribution in [2.45, 2.75) is 91.5 Å². The third kappa shape index (κ3) is 3.00. The number of carbonyl (C=O) groups excluding carboxylic acids is 2. The van der Waals surface area contributed by atoms with Crippen LogP contribution in [-0.2, 0) is 9.59 Å². The van der Waals surface area contributed by atoms with Crippen LogP contribution in [0.2, 0.25) is 0 Å². The molecule has 3 heteroatoms. The van der Waals surface area contributed by atoms with E-state index in [1.54, 1.807) is 0 Å². The van der Waals surface area contributed by atoms with Crippen molar-refractivity contribution in [1.29, 1.82) is 0 Å². The molecule has 0 unspecified atom stereocenters. The fourth-order valence-corrected chi connectivity index (χ4v) is 7.45. The molecule has 0 spiro atoms. The maximum absolute atomic E-state index is 13.1. The maximum Gasteiger partial charge on any atom is 0.224 e. The van der Waals surface area contributed by atoms with E-state index >= 15 is 0 Å². The summed E-state index contributed by atoms with van der Waals surface area (Å²) in [7, 11) is 0. The second kappa shape index (κ2) is 6.19. The van der Waals surface area contributed by atoms with Gasteiger partial charge in [-0.1, -0.05) is 19.4 Å². The molecule has 6 atom stereocenters. The molecule has 150 valence electrons. The number of hydrogen-bond acceptors (Lipinski definition) is 2. The Hall–Kier alpha value is -1.12. The van der Waals surface area contributed by atoms with Crippen molar-refractivity contribution in [3.05, 3.63) is 11.6 Å². The van der Waals surface area contributed by atoms with E-state index in [-0.39, 0.29) is 28.2 Å². The summed E-state index contributed by atoms with van der Waals surface area (Å²) in [5.74, 6) is 2.88. The highest BCUT2D eigenvalue weighted by Crippen LogP contribution is 2.66. The van der Waals surface area contributed by atoms with Gasteiger partial charge in [-0.05, 0) is 100 Å². The summed E-state index contributed by atoms with van der Waals surface area (Å²) in [6.45, 7) is 11.1. The van der Waals surface area contributed by atoms with Crippen molar-refractivity contribution in [1.82, 2.24) is 5.32 Å². The van der Waals surface area contributed by atoms with Crippen LogP contribution in [-0.4, -0.2) is 17.2 Å². The molecule has 3 saturated carbocycles. The first kappa shape index (κ1) is 19.2. The monoisotopic (exact) mass is 371 g/mol. The molecule has 0 aliphatic heterocycles. The van der Waals surface area contributed by atoms with Gasteiger partial charge in [-0.15, -0.1) is 0 Å². The Kier molecular flexibility index (Phi) is 4.40. The van der Waals surface area contributed by atoms with Gasteiger partial charge < -0.3 is 5.32 Å². The van der Waals surface area contributed by atoms with Gasteiger partial charge in [0, 0.05) is 17.9 Å². The van der Waals surface area contributed by atoms with Crippen molar-refractivity contribution in [2.24, 2.45) is 34.5 Å². The average molecular weight is 372 g/mol. The molecule has 4 aliphatic carbocycles. The Balaban J connectivity index is 1.58. The SMILES string of the molecule is CC(C)(C)NC(=O)[C@H]1CC[C@H]2[C@H]3CCC4=CC(=O)CC[C@@]4(C)[C@@H]3CC[C@]12C. The van der Waals surface area contributed by atoms with Gasteiger partial charge in [0.15, 0.2) is 5.78 Å². The van der Waals surface area contributed by atoms with E-state index in [9.17, 15) is 9.59 Å². The number of amides is 1. The van der Waals surface area contributed by atoms with Crippen LogP contribution >= 0.6 is 0 Å². The zero-order valence-electron chi connectivity index (χ0n) is 17.9. The van der Waals surface area contributed by atoms with E-state index in [4.69, 9.17) is 0 Å². The molecular weight excluding hydrogens is 334 g/mol. The molecule has 0 saturated heterocycles. The standard InChI is InChI=1S/C24H37NO2/c1-22(2,3)25-21(27)20-9-8-18-17-7-6-15-14-16(26)10-12-23(15,4)19(17)11-13-24(18,20)5/h14,17-20H,6-13H2,1-5H3,(H,25,27)/t17-,18+,19-,20-,23-,24+/m1/s1. The molecule has 0 radical (unpaired) electrons. The lowest BCUT2D eigenvalue weighted by Crippen LogP contribution is -2.53. The molecule has 3 nitrogen and oxygen atoms in total. The number of fused-ring (bicyclic) bond motifs is 5. The van der Waals surface area contributed by atoms with Crippen LogP contribution in [0.3, 0.4) is 0 Å². The predicted octanol–water partition coefficient (Wildman–Crippen LogP) is 5.05. The second-order valence-corrected chi connectivity index (χ2v) is 11.4. The van der Waals surface area contributed by atoms with Crippen molar-refractivity contribution in [3.63, 3.8) is 0 Å². The molecule has 0 aromatic carbocycles. The third-order valence-electron chi connectivity index (χ3n) is 8.78. The topological polar surface area (TPSA) is 46.2 Å². The highest BCUT2D eigenvalue weighted by atomic mass is 16.2. The number of nitrogens with one attached hydrogen (secondary N) is 1. The van der Waals surface area contributed by atoms with Crippen LogP contribution < -0.4 is 5.32 Å². The van der Waals surface area contributed by atoms with Gasteiger partial charge in [0.2, 0.25) is 5.91 Å². The molecule has 1 amide bonds. The smallest absolute Gasteiger partial charge is 0.224 e. The first-order chi connectivity index (χ1) is 12.5. The Bertz CT molecular complexity index is 687. The molecule has 4 rings (SSSR count). The van der Waals surface area contributed by atoms with Crippen LogP contribution in [0.5, 0.6) is 0 Å². The Morgan fingerprint density at radius 2 is 1.78 bits per heavy atom. The minimum atomic E-state index is -0.157. The lowest BCUT2D eigenvalue weighted by molar-refractivity contribution is -0.134. The van der Waals surface area contributed by atoms with E-state index in [0.29, 0.717) is 17.6 Å². The van der Waals surface area contributed by atoms with Crippen molar-refractivity contribution in [3.8, 4) is 0 Å². The normalized spacial score (nSPS) is 44.0. The molecule has 4 aliphatic rings. The zero-order valence-corrected chi connectivity index (χ0v) is 17.9. The fourth-order valence-electron chi connectivity index (χ4n) is 7.45. The molecule has 0 aromatic rings. The summed E-state index contributed by atoms with van der Waals surface area (Å²) >= 11 is 0. The number of ketones is 1. The van der Waals surface area contributed by atoms with Crippen LogP contribution in [0.4, 0.5) is 0 Å². The quantitative estimate of drug-likeness (QED) is 0.701. The Labute approximate surface area is 164 Å². The molecule has 3 fully saturated rings. The Morgan fingerprint density at radius 3 is 2.48 bits per heavy atom. The number of carbonyl (C=O) groups is 2. The zero-order chi connectivity index (χ0) is 19.6. The van der Waals surface area contributed by atoms with E-state index in [2.05, 4.69) is 39.9 Å². The van der Waals surface area contributed by atoms with E-state index in [1.807, 2.05) is 6.08 Å². The lowest BCUT2D eigenvalue weighted by atomic mass is 9.47. The van der Waals surface area contributed by atoms with Gasteiger partial charge in [-0.25, -0.2) is 0 Å². The summed E-state index contributed by atoms with van der Waals surface area (Å²) < 4.78 is 0. The summed E-state index contributed by atoms with van der Waals surface area (Å²) in [6.07, 6.45) is 10.7. The van der Waals surface area contributed by atoms with Crippen LogP contribution in [0, 0.1) is 34.5 Å². The summed E-state index contributed by atoms with van der Waals surface area (Å²) in [5, 5.41) is 3.26. The van der Waals surface area contributed by atoms with Gasteiger partial charge in [0.1, 0.15) is 0 Å². The van der Waals surface area contributed by atoms with Gasteiger partial charge >= 0.3 is 0 Å². The van der Waals surface area contributed by atoms with Gasteiger partial charge in [-0.3, -0.25) is 9.59 Å². The Morgan fingerprint density at radius 1 is 1.04 bits per heavy atom.